The largest absolute Gasteiger partial charge is 0.299 e. The van der Waals surface area contributed by atoms with Crippen LogP contribution in [0.25, 0.3) is 5.52 Å². The maximum absolute atomic E-state index is 11.6. The number of hydrogen-bond donors (Lipinski definition) is 0. The second-order valence-electron chi connectivity index (χ2n) is 6.90. The lowest BCUT2D eigenvalue weighted by molar-refractivity contribution is 0.111. The fourth-order valence-electron chi connectivity index (χ4n) is 3.88. The Morgan fingerprint density at radius 3 is 2.58 bits per heavy atom. The van der Waals surface area contributed by atoms with Crippen molar-refractivity contribution < 1.29 is 8.42 Å². The Balaban J connectivity index is 1.33. The molecule has 6 nitrogen and oxygen atoms in total. The first-order chi connectivity index (χ1) is 11.6. The summed E-state index contributed by atoms with van der Waals surface area (Å²) >= 11 is 0. The summed E-state index contributed by atoms with van der Waals surface area (Å²) in [6.45, 7) is 4.49. The number of likely N-dealkylation sites (tertiary alicyclic amines) is 1. The van der Waals surface area contributed by atoms with Crippen LogP contribution >= 0.6 is 0 Å². The van der Waals surface area contributed by atoms with E-state index >= 15 is 0 Å². The highest BCUT2D eigenvalue weighted by atomic mass is 32.2. The van der Waals surface area contributed by atoms with Gasteiger partial charge in [0, 0.05) is 37.4 Å². The molecule has 0 amide bonds. The molecule has 2 fully saturated rings. The molecule has 0 aliphatic carbocycles. The lowest BCUT2D eigenvalue weighted by Crippen LogP contribution is -2.50. The van der Waals surface area contributed by atoms with E-state index < -0.39 is 9.84 Å². The second kappa shape index (κ2) is 6.46. The molecule has 0 aromatic carbocycles. The van der Waals surface area contributed by atoms with Gasteiger partial charge in [0.05, 0.1) is 23.2 Å². The number of nitrogens with zero attached hydrogens (tertiary/aromatic N) is 4. The predicted octanol–water partition coefficient (Wildman–Crippen LogP) is 1.03. The molecule has 4 heterocycles. The molecule has 2 saturated heterocycles. The van der Waals surface area contributed by atoms with E-state index in [9.17, 15) is 8.42 Å². The third-order valence-corrected chi connectivity index (χ3v) is 6.96. The number of rotatable bonds is 3. The van der Waals surface area contributed by atoms with Crippen molar-refractivity contribution in [3.8, 4) is 0 Å². The summed E-state index contributed by atoms with van der Waals surface area (Å²) in [5.41, 5.74) is 2.46. The fraction of sp³-hybridized carbons (Fsp3) is 0.588. The van der Waals surface area contributed by atoms with Crippen molar-refractivity contribution in [3.63, 3.8) is 0 Å². The SMILES string of the molecule is O=S1(=O)CCN(C2CCN(Cc3cnn4ccccc34)CC2)CC1. The highest BCUT2D eigenvalue weighted by Gasteiger charge is 2.29. The van der Waals surface area contributed by atoms with Gasteiger partial charge in [-0.2, -0.15) is 5.10 Å². The van der Waals surface area contributed by atoms with Gasteiger partial charge in [0.25, 0.3) is 0 Å². The average Bonchev–Trinajstić information content (AvgIpc) is 2.99. The Labute approximate surface area is 143 Å². The first kappa shape index (κ1) is 16.1. The first-order valence-corrected chi connectivity index (χ1v) is 10.5. The molecule has 2 aromatic heterocycles. The van der Waals surface area contributed by atoms with E-state index in [-0.39, 0.29) is 0 Å². The molecule has 4 rings (SSSR count). The Kier molecular flexibility index (Phi) is 4.32. The topological polar surface area (TPSA) is 57.9 Å². The van der Waals surface area contributed by atoms with E-state index in [0.29, 0.717) is 30.6 Å². The standard InChI is InChI=1S/C17H24N4O2S/c22-24(23)11-9-20(10-12-24)16-4-7-19(8-5-16)14-15-13-18-21-6-2-1-3-17(15)21/h1-3,6,13,16H,4-5,7-12,14H2. The van der Waals surface area contributed by atoms with Gasteiger partial charge in [-0.15, -0.1) is 0 Å². The zero-order valence-electron chi connectivity index (χ0n) is 13.8. The van der Waals surface area contributed by atoms with Crippen molar-refractivity contribution >= 4 is 15.4 Å². The van der Waals surface area contributed by atoms with E-state index in [2.05, 4.69) is 27.0 Å². The van der Waals surface area contributed by atoms with Gasteiger partial charge < -0.3 is 0 Å². The summed E-state index contributed by atoms with van der Waals surface area (Å²) in [5.74, 6) is 0.658. The lowest BCUT2D eigenvalue weighted by atomic mass is 10.0. The Bertz CT molecular complexity index is 795. The zero-order chi connectivity index (χ0) is 16.6. The zero-order valence-corrected chi connectivity index (χ0v) is 14.7. The number of hydrogen-bond acceptors (Lipinski definition) is 5. The van der Waals surface area contributed by atoms with Crippen LogP contribution in [0, 0.1) is 0 Å². The lowest BCUT2D eigenvalue weighted by Gasteiger charge is -2.40. The van der Waals surface area contributed by atoms with E-state index in [1.54, 1.807) is 0 Å². The molecular weight excluding hydrogens is 324 g/mol. The summed E-state index contributed by atoms with van der Waals surface area (Å²) in [7, 11) is -2.78. The third kappa shape index (κ3) is 3.34. The van der Waals surface area contributed by atoms with Crippen molar-refractivity contribution in [2.75, 3.05) is 37.7 Å². The van der Waals surface area contributed by atoms with Gasteiger partial charge >= 0.3 is 0 Å². The monoisotopic (exact) mass is 348 g/mol. The number of pyridine rings is 1. The van der Waals surface area contributed by atoms with Crippen LogP contribution in [0.3, 0.4) is 0 Å². The minimum Gasteiger partial charge on any atom is -0.299 e. The van der Waals surface area contributed by atoms with Crippen LogP contribution in [0.15, 0.2) is 30.6 Å². The van der Waals surface area contributed by atoms with Crippen LogP contribution < -0.4 is 0 Å². The molecule has 0 atom stereocenters. The van der Waals surface area contributed by atoms with Crippen molar-refractivity contribution in [3.05, 3.63) is 36.2 Å². The molecule has 0 bridgehead atoms. The van der Waals surface area contributed by atoms with Gasteiger partial charge in [-0.3, -0.25) is 9.80 Å². The number of aromatic nitrogens is 2. The Morgan fingerprint density at radius 2 is 1.83 bits per heavy atom. The van der Waals surface area contributed by atoms with Gasteiger partial charge in [0.2, 0.25) is 0 Å². The average molecular weight is 348 g/mol. The molecule has 0 spiro atoms. The van der Waals surface area contributed by atoms with Crippen LogP contribution in [0.2, 0.25) is 0 Å². The fourth-order valence-corrected chi connectivity index (χ4v) is 5.11. The van der Waals surface area contributed by atoms with Gasteiger partial charge in [-0.1, -0.05) is 6.07 Å². The molecule has 0 radical (unpaired) electrons. The summed E-state index contributed by atoms with van der Waals surface area (Å²) in [5, 5.41) is 4.41. The van der Waals surface area contributed by atoms with Crippen LogP contribution in [0.5, 0.6) is 0 Å². The van der Waals surface area contributed by atoms with Crippen LogP contribution in [-0.2, 0) is 16.4 Å². The van der Waals surface area contributed by atoms with Crippen LogP contribution in [0.1, 0.15) is 18.4 Å². The molecule has 2 aromatic rings. The smallest absolute Gasteiger partial charge is 0.152 e. The minimum atomic E-state index is -2.78. The minimum absolute atomic E-state index is 0.329. The highest BCUT2D eigenvalue weighted by molar-refractivity contribution is 7.91. The molecule has 7 heteroatoms. The summed E-state index contributed by atoms with van der Waals surface area (Å²) in [6.07, 6.45) is 6.20. The Morgan fingerprint density at radius 1 is 1.08 bits per heavy atom. The van der Waals surface area contributed by atoms with Gasteiger partial charge in [0.1, 0.15) is 0 Å². The molecular formula is C17H24N4O2S. The van der Waals surface area contributed by atoms with Gasteiger partial charge in [-0.25, -0.2) is 12.9 Å². The van der Waals surface area contributed by atoms with Gasteiger partial charge in [0.15, 0.2) is 9.84 Å². The van der Waals surface area contributed by atoms with E-state index in [1.807, 2.05) is 23.0 Å². The van der Waals surface area contributed by atoms with Crippen LogP contribution in [-0.4, -0.2) is 71.6 Å². The maximum Gasteiger partial charge on any atom is 0.152 e. The number of fused-ring (bicyclic) bond motifs is 1. The summed E-state index contributed by atoms with van der Waals surface area (Å²) < 4.78 is 25.1. The van der Waals surface area contributed by atoms with Crippen molar-refractivity contribution in [1.82, 2.24) is 19.4 Å². The highest BCUT2D eigenvalue weighted by Crippen LogP contribution is 2.21. The molecule has 2 aliphatic rings. The second-order valence-corrected chi connectivity index (χ2v) is 9.20. The quantitative estimate of drug-likeness (QED) is 0.829. The van der Waals surface area contributed by atoms with Crippen molar-refractivity contribution in [2.24, 2.45) is 0 Å². The molecule has 0 saturated carbocycles. The first-order valence-electron chi connectivity index (χ1n) is 8.69. The molecule has 2 aliphatic heterocycles. The van der Waals surface area contributed by atoms with E-state index in [4.69, 9.17) is 0 Å². The number of piperidine rings is 1. The maximum atomic E-state index is 11.6. The van der Waals surface area contributed by atoms with Crippen LogP contribution in [0.4, 0.5) is 0 Å². The third-order valence-electron chi connectivity index (χ3n) is 5.35. The molecule has 130 valence electrons. The Hall–Kier alpha value is -1.44. The molecule has 24 heavy (non-hydrogen) atoms. The van der Waals surface area contributed by atoms with Crippen molar-refractivity contribution in [1.29, 1.82) is 0 Å². The van der Waals surface area contributed by atoms with Gasteiger partial charge in [-0.05, 0) is 38.1 Å². The van der Waals surface area contributed by atoms with Crippen molar-refractivity contribution in [2.45, 2.75) is 25.4 Å². The summed E-state index contributed by atoms with van der Waals surface area (Å²) in [4.78, 5) is 4.87. The molecule has 0 unspecified atom stereocenters. The summed E-state index contributed by atoms with van der Waals surface area (Å²) in [6, 6.07) is 6.70. The molecule has 0 N–H and O–H groups in total. The van der Waals surface area contributed by atoms with E-state index in [1.165, 1.54) is 11.1 Å². The predicted molar refractivity (Wildman–Crippen MR) is 93.7 cm³/mol. The van der Waals surface area contributed by atoms with E-state index in [0.717, 1.165) is 32.5 Å². The normalized spacial score (nSPS) is 23.7. The number of sulfone groups is 1.